The second-order valence-corrected chi connectivity index (χ2v) is 8.75. The van der Waals surface area contributed by atoms with E-state index in [-0.39, 0.29) is 31.3 Å². The number of aromatic nitrogens is 1. The molecule has 7 heteroatoms. The lowest BCUT2D eigenvalue weighted by Crippen LogP contribution is -2.27. The number of esters is 1. The Hall–Kier alpha value is -3.32. The lowest BCUT2D eigenvalue weighted by Gasteiger charge is -2.12. The van der Waals surface area contributed by atoms with Crippen molar-refractivity contribution in [1.82, 2.24) is 4.98 Å². The molecule has 0 radical (unpaired) electrons. The molecule has 1 aliphatic rings. The standard InChI is InChI=1S/C24H22N2O4S/c1-15-8-10-18(11-9-15)22-16(2)31-24(25-22)26-13-19(12-21(26)28)23(29)30-14-20(27)17-6-4-3-5-7-17/h3-11,19H,12-14H2,1-2H3/t19-/m0/s1. The minimum Gasteiger partial charge on any atom is -0.457 e. The van der Waals surface area contributed by atoms with Gasteiger partial charge in [0.1, 0.15) is 0 Å². The minimum absolute atomic E-state index is 0.0524. The van der Waals surface area contributed by atoms with Crippen LogP contribution in [0, 0.1) is 19.8 Å². The Balaban J connectivity index is 1.41. The molecule has 1 saturated heterocycles. The fourth-order valence-corrected chi connectivity index (χ4v) is 4.45. The number of nitrogens with zero attached hydrogens (tertiary/aromatic N) is 2. The topological polar surface area (TPSA) is 76.6 Å². The van der Waals surface area contributed by atoms with Crippen LogP contribution in [0.5, 0.6) is 0 Å². The van der Waals surface area contributed by atoms with Crippen molar-refractivity contribution < 1.29 is 19.1 Å². The minimum atomic E-state index is -0.608. The molecule has 2 heterocycles. The van der Waals surface area contributed by atoms with Crippen LogP contribution in [0.4, 0.5) is 5.13 Å². The first kappa shape index (κ1) is 20.9. The second-order valence-electron chi connectivity index (χ2n) is 7.57. The fraction of sp³-hybridized carbons (Fsp3) is 0.250. The van der Waals surface area contributed by atoms with E-state index in [0.29, 0.717) is 10.7 Å². The van der Waals surface area contributed by atoms with Gasteiger partial charge in [0, 0.05) is 29.0 Å². The number of Topliss-reactive ketones (excluding diaryl/α,β-unsaturated/α-hetero) is 1. The summed E-state index contributed by atoms with van der Waals surface area (Å²) in [7, 11) is 0. The van der Waals surface area contributed by atoms with Crippen molar-refractivity contribution in [2.24, 2.45) is 5.92 Å². The summed E-state index contributed by atoms with van der Waals surface area (Å²) in [6.45, 7) is 3.87. The summed E-state index contributed by atoms with van der Waals surface area (Å²) >= 11 is 1.43. The van der Waals surface area contributed by atoms with E-state index in [2.05, 4.69) is 4.98 Å². The predicted molar refractivity (Wildman–Crippen MR) is 119 cm³/mol. The van der Waals surface area contributed by atoms with E-state index in [1.807, 2.05) is 44.2 Å². The van der Waals surface area contributed by atoms with Crippen LogP contribution in [0.3, 0.4) is 0 Å². The molecule has 1 aliphatic heterocycles. The normalized spacial score (nSPS) is 15.9. The van der Waals surface area contributed by atoms with Crippen molar-refractivity contribution in [2.45, 2.75) is 20.3 Å². The van der Waals surface area contributed by atoms with Crippen LogP contribution in [0.15, 0.2) is 54.6 Å². The van der Waals surface area contributed by atoms with Gasteiger partial charge in [0.15, 0.2) is 17.5 Å². The Labute approximate surface area is 184 Å². The number of hydrogen-bond donors (Lipinski definition) is 0. The molecule has 0 aliphatic carbocycles. The van der Waals surface area contributed by atoms with E-state index in [1.165, 1.54) is 16.9 Å². The molecule has 0 spiro atoms. The highest BCUT2D eigenvalue weighted by atomic mass is 32.1. The van der Waals surface area contributed by atoms with Gasteiger partial charge in [-0.25, -0.2) is 4.98 Å². The summed E-state index contributed by atoms with van der Waals surface area (Å²) in [4.78, 5) is 44.4. The van der Waals surface area contributed by atoms with Crippen LogP contribution >= 0.6 is 11.3 Å². The molecule has 31 heavy (non-hydrogen) atoms. The van der Waals surface area contributed by atoms with Crippen molar-refractivity contribution in [3.05, 3.63) is 70.6 Å². The van der Waals surface area contributed by atoms with Crippen LogP contribution in [-0.2, 0) is 14.3 Å². The number of carbonyl (C=O) groups is 3. The maximum absolute atomic E-state index is 12.6. The average Bonchev–Trinajstić information content (AvgIpc) is 3.35. The van der Waals surface area contributed by atoms with E-state index in [9.17, 15) is 14.4 Å². The highest BCUT2D eigenvalue weighted by molar-refractivity contribution is 7.16. The first-order chi connectivity index (χ1) is 14.9. The summed E-state index contributed by atoms with van der Waals surface area (Å²) in [5.74, 6) is -1.58. The van der Waals surface area contributed by atoms with E-state index in [4.69, 9.17) is 4.74 Å². The number of aryl methyl sites for hydroxylation is 2. The van der Waals surface area contributed by atoms with Gasteiger partial charge in [-0.1, -0.05) is 60.2 Å². The molecule has 1 fully saturated rings. The lowest BCUT2D eigenvalue weighted by molar-refractivity contribution is -0.147. The van der Waals surface area contributed by atoms with Gasteiger partial charge in [-0.2, -0.15) is 0 Å². The molecule has 0 bridgehead atoms. The van der Waals surface area contributed by atoms with Crippen LogP contribution in [0.25, 0.3) is 11.3 Å². The second kappa shape index (κ2) is 8.81. The zero-order chi connectivity index (χ0) is 22.0. The molecule has 0 N–H and O–H groups in total. The Bertz CT molecular complexity index is 1120. The molecule has 0 unspecified atom stereocenters. The molecule has 2 aromatic carbocycles. The quantitative estimate of drug-likeness (QED) is 0.429. The summed E-state index contributed by atoms with van der Waals surface area (Å²) in [5, 5.41) is 0.578. The third kappa shape index (κ3) is 4.56. The van der Waals surface area contributed by atoms with Gasteiger partial charge in [0.05, 0.1) is 11.6 Å². The van der Waals surface area contributed by atoms with Gasteiger partial charge in [0.25, 0.3) is 0 Å². The Morgan fingerprint density at radius 1 is 1.10 bits per heavy atom. The van der Waals surface area contributed by atoms with Crippen molar-refractivity contribution in [2.75, 3.05) is 18.1 Å². The number of thiazole rings is 1. The number of ketones is 1. The van der Waals surface area contributed by atoms with Crippen LogP contribution in [0.1, 0.15) is 27.2 Å². The first-order valence-corrected chi connectivity index (χ1v) is 10.8. The summed E-state index contributed by atoms with van der Waals surface area (Å²) in [5.41, 5.74) is 3.49. The van der Waals surface area contributed by atoms with Gasteiger partial charge >= 0.3 is 5.97 Å². The molecule has 1 amide bonds. The summed E-state index contributed by atoms with van der Waals surface area (Å²) in [6.07, 6.45) is 0.0524. The van der Waals surface area contributed by atoms with Crippen LogP contribution in [-0.4, -0.2) is 35.8 Å². The molecule has 1 atom stereocenters. The number of carbonyl (C=O) groups excluding carboxylic acids is 3. The largest absolute Gasteiger partial charge is 0.457 e. The monoisotopic (exact) mass is 434 g/mol. The van der Waals surface area contributed by atoms with Gasteiger partial charge in [-0.3, -0.25) is 19.3 Å². The van der Waals surface area contributed by atoms with E-state index in [0.717, 1.165) is 16.1 Å². The van der Waals surface area contributed by atoms with Gasteiger partial charge in [-0.05, 0) is 13.8 Å². The number of hydrogen-bond acceptors (Lipinski definition) is 6. The average molecular weight is 435 g/mol. The van der Waals surface area contributed by atoms with E-state index >= 15 is 0 Å². The number of rotatable bonds is 6. The number of benzene rings is 2. The van der Waals surface area contributed by atoms with Crippen molar-refractivity contribution in [1.29, 1.82) is 0 Å². The first-order valence-electron chi connectivity index (χ1n) is 10.0. The maximum Gasteiger partial charge on any atom is 0.311 e. The molecule has 0 saturated carbocycles. The Morgan fingerprint density at radius 3 is 2.52 bits per heavy atom. The Kier molecular flexibility index (Phi) is 5.95. The highest BCUT2D eigenvalue weighted by Gasteiger charge is 2.38. The molecular formula is C24H22N2O4S. The highest BCUT2D eigenvalue weighted by Crippen LogP contribution is 2.35. The van der Waals surface area contributed by atoms with Gasteiger partial charge in [0.2, 0.25) is 5.91 Å². The molecule has 1 aromatic heterocycles. The van der Waals surface area contributed by atoms with Gasteiger partial charge < -0.3 is 4.74 Å². The molecule has 3 aromatic rings. The number of amides is 1. The SMILES string of the molecule is Cc1ccc(-c2nc(N3C[C@@H](C(=O)OCC(=O)c4ccccc4)CC3=O)sc2C)cc1. The summed E-state index contributed by atoms with van der Waals surface area (Å²) < 4.78 is 5.20. The molecule has 4 rings (SSSR count). The lowest BCUT2D eigenvalue weighted by atomic mass is 10.1. The van der Waals surface area contributed by atoms with E-state index in [1.54, 1.807) is 29.2 Å². The fourth-order valence-electron chi connectivity index (χ4n) is 3.49. The molecule has 158 valence electrons. The zero-order valence-corrected chi connectivity index (χ0v) is 18.1. The van der Waals surface area contributed by atoms with Crippen molar-refractivity contribution >= 4 is 34.1 Å². The smallest absolute Gasteiger partial charge is 0.311 e. The van der Waals surface area contributed by atoms with Crippen molar-refractivity contribution in [3.8, 4) is 11.3 Å². The summed E-state index contributed by atoms with van der Waals surface area (Å²) in [6, 6.07) is 16.7. The van der Waals surface area contributed by atoms with Crippen molar-refractivity contribution in [3.63, 3.8) is 0 Å². The maximum atomic E-state index is 12.6. The number of ether oxygens (including phenoxy) is 1. The zero-order valence-electron chi connectivity index (χ0n) is 17.3. The van der Waals surface area contributed by atoms with Crippen LogP contribution < -0.4 is 4.90 Å². The Morgan fingerprint density at radius 2 is 1.81 bits per heavy atom. The van der Waals surface area contributed by atoms with Gasteiger partial charge in [-0.15, -0.1) is 11.3 Å². The molecule has 6 nitrogen and oxygen atoms in total. The predicted octanol–water partition coefficient (Wildman–Crippen LogP) is 4.21. The van der Waals surface area contributed by atoms with E-state index < -0.39 is 11.9 Å². The molecular weight excluding hydrogens is 412 g/mol. The number of anilines is 1. The third-order valence-electron chi connectivity index (χ3n) is 5.24. The third-order valence-corrected chi connectivity index (χ3v) is 6.23. The van der Waals surface area contributed by atoms with Crippen LogP contribution in [0.2, 0.25) is 0 Å².